The molecule has 4 nitrogen and oxygen atoms in total. The fourth-order valence-corrected chi connectivity index (χ4v) is 0.956. The van der Waals surface area contributed by atoms with Gasteiger partial charge < -0.3 is 15.2 Å². The van der Waals surface area contributed by atoms with E-state index in [1.165, 1.54) is 0 Å². The Labute approximate surface area is 91.8 Å². The topological polar surface area (TPSA) is 58.6 Å². The van der Waals surface area contributed by atoms with Gasteiger partial charge in [-0.3, -0.25) is 4.79 Å². The normalized spacial score (nSPS) is 14.1. The molecule has 16 heavy (non-hydrogen) atoms. The molecule has 0 spiro atoms. The number of carboxylic acid groups (broad SMARTS) is 1. The summed E-state index contributed by atoms with van der Waals surface area (Å²) in [5.74, 6) is -4.24. The van der Waals surface area contributed by atoms with Gasteiger partial charge in [-0.1, -0.05) is 0 Å². The van der Waals surface area contributed by atoms with Crippen LogP contribution in [0.4, 0.5) is 13.2 Å². The molecule has 0 bridgehead atoms. The number of ether oxygens (including phenoxy) is 1. The van der Waals surface area contributed by atoms with Crippen LogP contribution in [0.5, 0.6) is 0 Å². The molecule has 0 aliphatic rings. The number of halogens is 3. The molecule has 0 saturated heterocycles. The van der Waals surface area contributed by atoms with Crippen LogP contribution in [0.15, 0.2) is 0 Å². The maximum atomic E-state index is 12.2. The van der Waals surface area contributed by atoms with Gasteiger partial charge in [0.05, 0.1) is 12.7 Å². The van der Waals surface area contributed by atoms with Gasteiger partial charge in [0.25, 0.3) is 0 Å². The molecular weight excluding hydrogens is 227 g/mol. The van der Waals surface area contributed by atoms with Gasteiger partial charge in [-0.25, -0.2) is 0 Å². The maximum absolute atomic E-state index is 12.2. The van der Waals surface area contributed by atoms with E-state index in [4.69, 9.17) is 9.84 Å². The second-order valence-corrected chi connectivity index (χ2v) is 3.56. The van der Waals surface area contributed by atoms with Gasteiger partial charge in [0.15, 0.2) is 5.92 Å². The van der Waals surface area contributed by atoms with E-state index in [2.05, 4.69) is 5.32 Å². The first-order valence-electron chi connectivity index (χ1n) is 4.87. The lowest BCUT2D eigenvalue weighted by atomic mass is 10.1. The number of carboxylic acids is 1. The number of aliphatic carboxylic acids is 1. The maximum Gasteiger partial charge on any atom is 0.403 e. The van der Waals surface area contributed by atoms with Gasteiger partial charge in [-0.05, 0) is 13.8 Å². The third-order valence-electron chi connectivity index (χ3n) is 1.77. The zero-order chi connectivity index (χ0) is 12.8. The first-order chi connectivity index (χ1) is 7.25. The van der Waals surface area contributed by atoms with Gasteiger partial charge in [0.1, 0.15) is 0 Å². The predicted octanol–water partition coefficient (Wildman–Crippen LogP) is 1.26. The summed E-state index contributed by atoms with van der Waals surface area (Å²) in [4.78, 5) is 10.3. The van der Waals surface area contributed by atoms with E-state index in [1.54, 1.807) is 13.8 Å². The largest absolute Gasteiger partial charge is 0.481 e. The molecule has 0 aliphatic carbocycles. The van der Waals surface area contributed by atoms with Crippen molar-refractivity contribution in [3.8, 4) is 0 Å². The third kappa shape index (κ3) is 6.62. The Morgan fingerprint density at radius 1 is 1.44 bits per heavy atom. The summed E-state index contributed by atoms with van der Waals surface area (Å²) in [5.41, 5.74) is 0. The third-order valence-corrected chi connectivity index (χ3v) is 1.77. The average molecular weight is 243 g/mol. The van der Waals surface area contributed by atoms with Crippen LogP contribution < -0.4 is 5.32 Å². The van der Waals surface area contributed by atoms with E-state index in [1.807, 2.05) is 0 Å². The Morgan fingerprint density at radius 2 is 2.00 bits per heavy atom. The molecule has 0 aromatic carbocycles. The van der Waals surface area contributed by atoms with Crippen LogP contribution in [0.1, 0.15) is 13.8 Å². The second kappa shape index (κ2) is 6.70. The number of hydrogen-bond donors (Lipinski definition) is 2. The molecule has 0 radical (unpaired) electrons. The van der Waals surface area contributed by atoms with Crippen molar-refractivity contribution in [2.75, 3.05) is 19.7 Å². The van der Waals surface area contributed by atoms with Gasteiger partial charge >= 0.3 is 12.1 Å². The molecule has 0 rings (SSSR count). The zero-order valence-electron chi connectivity index (χ0n) is 9.17. The molecule has 0 aromatic heterocycles. The molecule has 1 unspecified atom stereocenters. The highest BCUT2D eigenvalue weighted by molar-refractivity contribution is 5.71. The number of rotatable bonds is 7. The standard InChI is InChI=1S/C9H16F3NO3/c1-6(2)16-4-3-13-5-7(8(14)15)9(10,11)12/h6-7,13H,3-5H2,1-2H3,(H,14,15). The van der Waals surface area contributed by atoms with Gasteiger partial charge in [0, 0.05) is 13.1 Å². The number of alkyl halides is 3. The van der Waals surface area contributed by atoms with E-state index in [-0.39, 0.29) is 19.3 Å². The predicted molar refractivity (Wildman–Crippen MR) is 51.1 cm³/mol. The molecule has 0 amide bonds. The fraction of sp³-hybridized carbons (Fsp3) is 0.889. The molecule has 96 valence electrons. The first kappa shape index (κ1) is 15.2. The van der Waals surface area contributed by atoms with Crippen LogP contribution in [0, 0.1) is 5.92 Å². The first-order valence-corrected chi connectivity index (χ1v) is 4.87. The number of hydrogen-bond acceptors (Lipinski definition) is 3. The Kier molecular flexibility index (Phi) is 6.35. The van der Waals surface area contributed by atoms with Crippen molar-refractivity contribution in [2.24, 2.45) is 5.92 Å². The summed E-state index contributed by atoms with van der Waals surface area (Å²) in [6.45, 7) is 3.41. The van der Waals surface area contributed by atoms with Crippen molar-refractivity contribution >= 4 is 5.97 Å². The molecule has 1 atom stereocenters. The summed E-state index contributed by atoms with van der Waals surface area (Å²) in [6.07, 6.45) is -4.72. The summed E-state index contributed by atoms with van der Waals surface area (Å²) < 4.78 is 41.5. The second-order valence-electron chi connectivity index (χ2n) is 3.56. The van der Waals surface area contributed by atoms with Crippen LogP contribution in [0.2, 0.25) is 0 Å². The minimum absolute atomic E-state index is 0.000290. The van der Waals surface area contributed by atoms with Crippen molar-refractivity contribution in [1.82, 2.24) is 5.32 Å². The Balaban J connectivity index is 3.83. The number of carbonyl (C=O) groups is 1. The zero-order valence-corrected chi connectivity index (χ0v) is 9.17. The van der Waals surface area contributed by atoms with E-state index >= 15 is 0 Å². The van der Waals surface area contributed by atoms with Crippen LogP contribution >= 0.6 is 0 Å². The van der Waals surface area contributed by atoms with Crippen molar-refractivity contribution < 1.29 is 27.8 Å². The minimum Gasteiger partial charge on any atom is -0.481 e. The average Bonchev–Trinajstić information content (AvgIpc) is 2.07. The molecular formula is C9H16F3NO3. The molecule has 0 fully saturated rings. The SMILES string of the molecule is CC(C)OCCNCC(C(=O)O)C(F)(F)F. The molecule has 0 aliphatic heterocycles. The van der Waals surface area contributed by atoms with E-state index in [0.717, 1.165) is 0 Å². The van der Waals surface area contributed by atoms with Gasteiger partial charge in [-0.2, -0.15) is 13.2 Å². The Bertz CT molecular complexity index is 219. The monoisotopic (exact) mass is 243 g/mol. The van der Waals surface area contributed by atoms with Gasteiger partial charge in [0.2, 0.25) is 0 Å². The van der Waals surface area contributed by atoms with Crippen molar-refractivity contribution in [3.05, 3.63) is 0 Å². The summed E-state index contributed by atoms with van der Waals surface area (Å²) in [6, 6.07) is 0. The summed E-state index contributed by atoms with van der Waals surface area (Å²) in [5, 5.41) is 10.8. The van der Waals surface area contributed by atoms with Crippen LogP contribution in [-0.2, 0) is 9.53 Å². The summed E-state index contributed by atoms with van der Waals surface area (Å²) >= 11 is 0. The van der Waals surface area contributed by atoms with E-state index in [9.17, 15) is 18.0 Å². The molecule has 0 heterocycles. The Morgan fingerprint density at radius 3 is 2.38 bits per heavy atom. The Hall–Kier alpha value is -0.820. The molecule has 7 heteroatoms. The molecule has 0 aromatic rings. The summed E-state index contributed by atoms with van der Waals surface area (Å²) in [7, 11) is 0. The highest BCUT2D eigenvalue weighted by Gasteiger charge is 2.44. The smallest absolute Gasteiger partial charge is 0.403 e. The van der Waals surface area contributed by atoms with Crippen molar-refractivity contribution in [1.29, 1.82) is 0 Å². The van der Waals surface area contributed by atoms with Crippen LogP contribution in [0.3, 0.4) is 0 Å². The van der Waals surface area contributed by atoms with Crippen LogP contribution in [0.25, 0.3) is 0 Å². The van der Waals surface area contributed by atoms with Crippen LogP contribution in [-0.4, -0.2) is 43.1 Å². The van der Waals surface area contributed by atoms with Crippen molar-refractivity contribution in [3.63, 3.8) is 0 Å². The molecule has 0 saturated carbocycles. The number of nitrogens with one attached hydrogen (secondary N) is 1. The van der Waals surface area contributed by atoms with Crippen molar-refractivity contribution in [2.45, 2.75) is 26.1 Å². The quantitative estimate of drug-likeness (QED) is 0.661. The van der Waals surface area contributed by atoms with E-state index in [0.29, 0.717) is 0 Å². The molecule has 2 N–H and O–H groups in total. The lowest BCUT2D eigenvalue weighted by Gasteiger charge is -2.16. The highest BCUT2D eigenvalue weighted by Crippen LogP contribution is 2.25. The fourth-order valence-electron chi connectivity index (χ4n) is 0.956. The highest BCUT2D eigenvalue weighted by atomic mass is 19.4. The lowest BCUT2D eigenvalue weighted by molar-refractivity contribution is -0.192. The van der Waals surface area contributed by atoms with Gasteiger partial charge in [-0.15, -0.1) is 0 Å². The minimum atomic E-state index is -4.72. The lowest BCUT2D eigenvalue weighted by Crippen LogP contribution is -2.40. The van der Waals surface area contributed by atoms with E-state index < -0.39 is 24.6 Å².